The van der Waals surface area contributed by atoms with Gasteiger partial charge in [-0.25, -0.2) is 0 Å². The summed E-state index contributed by atoms with van der Waals surface area (Å²) in [4.78, 5) is 19.6. The van der Waals surface area contributed by atoms with E-state index < -0.39 is 0 Å². The van der Waals surface area contributed by atoms with E-state index in [9.17, 15) is 4.79 Å². The minimum Gasteiger partial charge on any atom is -0.294 e. The van der Waals surface area contributed by atoms with E-state index >= 15 is 0 Å². The van der Waals surface area contributed by atoms with E-state index in [-0.39, 0.29) is 5.78 Å². The molecule has 0 atom stereocenters. The van der Waals surface area contributed by atoms with Crippen molar-refractivity contribution >= 4 is 32.7 Å². The Kier molecular flexibility index (Phi) is 2.29. The Balaban J connectivity index is 2.88. The normalized spacial score (nSPS) is 10.4. The predicted molar refractivity (Wildman–Crippen MR) is 57.2 cm³/mol. The number of benzene rings is 1. The van der Waals surface area contributed by atoms with Crippen LogP contribution >= 0.6 is 15.9 Å². The molecule has 0 aliphatic rings. The second-order valence-electron chi connectivity index (χ2n) is 2.90. The standard InChI is InChI=1S/C10H7BrN2O/c1-6(14)7-2-3-8(11)10-9(7)12-4-5-13-10/h2-5H,1H3. The molecule has 3 nitrogen and oxygen atoms in total. The van der Waals surface area contributed by atoms with Crippen LogP contribution in [0, 0.1) is 0 Å². The quantitative estimate of drug-likeness (QED) is 0.731. The van der Waals surface area contributed by atoms with Crippen LogP contribution in [0.1, 0.15) is 17.3 Å². The summed E-state index contributed by atoms with van der Waals surface area (Å²) in [6.45, 7) is 1.53. The first kappa shape index (κ1) is 9.27. The molecule has 2 aromatic rings. The first-order chi connectivity index (χ1) is 6.70. The maximum Gasteiger partial charge on any atom is 0.162 e. The summed E-state index contributed by atoms with van der Waals surface area (Å²) in [5.41, 5.74) is 1.98. The summed E-state index contributed by atoms with van der Waals surface area (Å²) < 4.78 is 0.852. The molecule has 0 saturated carbocycles. The number of nitrogens with zero attached hydrogens (tertiary/aromatic N) is 2. The molecule has 14 heavy (non-hydrogen) atoms. The van der Waals surface area contributed by atoms with Crippen molar-refractivity contribution in [1.82, 2.24) is 9.97 Å². The molecule has 1 heterocycles. The van der Waals surface area contributed by atoms with Gasteiger partial charge in [-0.05, 0) is 35.0 Å². The molecule has 0 aliphatic heterocycles. The van der Waals surface area contributed by atoms with Crippen molar-refractivity contribution in [3.8, 4) is 0 Å². The number of fused-ring (bicyclic) bond motifs is 1. The Labute approximate surface area is 89.3 Å². The van der Waals surface area contributed by atoms with E-state index in [1.54, 1.807) is 18.5 Å². The lowest BCUT2D eigenvalue weighted by Crippen LogP contribution is -1.96. The van der Waals surface area contributed by atoms with Crippen molar-refractivity contribution in [1.29, 1.82) is 0 Å². The van der Waals surface area contributed by atoms with Gasteiger partial charge in [0.1, 0.15) is 11.0 Å². The second-order valence-corrected chi connectivity index (χ2v) is 3.76. The second kappa shape index (κ2) is 3.46. The molecule has 0 amide bonds. The van der Waals surface area contributed by atoms with E-state index in [0.717, 1.165) is 9.99 Å². The highest BCUT2D eigenvalue weighted by atomic mass is 79.9. The molecular formula is C10H7BrN2O. The maximum absolute atomic E-state index is 11.3. The van der Waals surface area contributed by atoms with Crippen molar-refractivity contribution in [3.63, 3.8) is 0 Å². The van der Waals surface area contributed by atoms with Crippen molar-refractivity contribution < 1.29 is 4.79 Å². The zero-order chi connectivity index (χ0) is 10.1. The molecule has 1 aromatic heterocycles. The fourth-order valence-corrected chi connectivity index (χ4v) is 1.73. The minimum atomic E-state index is 0.00278. The number of halogens is 1. The van der Waals surface area contributed by atoms with Crippen LogP contribution in [0.3, 0.4) is 0 Å². The van der Waals surface area contributed by atoms with Crippen LogP contribution in [0.4, 0.5) is 0 Å². The van der Waals surface area contributed by atoms with E-state index in [1.165, 1.54) is 6.92 Å². The number of hydrogen-bond acceptors (Lipinski definition) is 3. The van der Waals surface area contributed by atoms with Crippen molar-refractivity contribution in [2.45, 2.75) is 6.92 Å². The minimum absolute atomic E-state index is 0.00278. The lowest BCUT2D eigenvalue weighted by atomic mass is 10.1. The van der Waals surface area contributed by atoms with Gasteiger partial charge in [0.15, 0.2) is 5.78 Å². The van der Waals surface area contributed by atoms with Crippen LogP contribution in [-0.2, 0) is 0 Å². The van der Waals surface area contributed by atoms with Gasteiger partial charge in [-0.1, -0.05) is 0 Å². The highest BCUT2D eigenvalue weighted by Crippen LogP contribution is 2.23. The highest BCUT2D eigenvalue weighted by molar-refractivity contribution is 9.10. The molecule has 0 aliphatic carbocycles. The van der Waals surface area contributed by atoms with E-state index in [1.807, 2.05) is 6.07 Å². The van der Waals surface area contributed by atoms with Crippen LogP contribution in [0.5, 0.6) is 0 Å². The molecular weight excluding hydrogens is 244 g/mol. The number of hydrogen-bond donors (Lipinski definition) is 0. The van der Waals surface area contributed by atoms with Gasteiger partial charge in [0, 0.05) is 22.4 Å². The van der Waals surface area contributed by atoms with Gasteiger partial charge in [-0.3, -0.25) is 14.8 Å². The summed E-state index contributed by atoms with van der Waals surface area (Å²) in [5, 5.41) is 0. The summed E-state index contributed by atoms with van der Waals surface area (Å²) >= 11 is 3.37. The third kappa shape index (κ3) is 1.42. The fourth-order valence-electron chi connectivity index (χ4n) is 1.31. The monoisotopic (exact) mass is 250 g/mol. The zero-order valence-corrected chi connectivity index (χ0v) is 9.08. The topological polar surface area (TPSA) is 42.9 Å². The smallest absolute Gasteiger partial charge is 0.162 e. The van der Waals surface area contributed by atoms with Crippen LogP contribution in [0.2, 0.25) is 0 Å². The number of rotatable bonds is 1. The molecule has 2 rings (SSSR count). The molecule has 0 saturated heterocycles. The van der Waals surface area contributed by atoms with E-state index in [4.69, 9.17) is 0 Å². The van der Waals surface area contributed by atoms with Gasteiger partial charge >= 0.3 is 0 Å². The number of Topliss-reactive ketones (excluding diaryl/α,β-unsaturated/α-hetero) is 1. The Morgan fingerprint density at radius 3 is 2.50 bits per heavy atom. The molecule has 0 fully saturated rings. The third-order valence-corrected chi connectivity index (χ3v) is 2.60. The molecule has 4 heteroatoms. The van der Waals surface area contributed by atoms with E-state index in [2.05, 4.69) is 25.9 Å². The van der Waals surface area contributed by atoms with Crippen LogP contribution in [-0.4, -0.2) is 15.8 Å². The van der Waals surface area contributed by atoms with Gasteiger partial charge in [0.05, 0.1) is 0 Å². The molecule has 0 radical (unpaired) electrons. The van der Waals surface area contributed by atoms with Crippen LogP contribution in [0.15, 0.2) is 29.0 Å². The molecule has 70 valence electrons. The van der Waals surface area contributed by atoms with E-state index in [0.29, 0.717) is 11.1 Å². The van der Waals surface area contributed by atoms with Crippen LogP contribution in [0.25, 0.3) is 11.0 Å². The van der Waals surface area contributed by atoms with Gasteiger partial charge in [-0.15, -0.1) is 0 Å². The molecule has 1 aromatic carbocycles. The molecule has 0 N–H and O–H groups in total. The molecule has 0 spiro atoms. The van der Waals surface area contributed by atoms with Gasteiger partial charge in [0.25, 0.3) is 0 Å². The number of aromatic nitrogens is 2. The molecule has 0 unspecified atom stereocenters. The lowest BCUT2D eigenvalue weighted by Gasteiger charge is -2.02. The maximum atomic E-state index is 11.3. The van der Waals surface area contributed by atoms with Gasteiger partial charge in [0.2, 0.25) is 0 Å². The summed E-state index contributed by atoms with van der Waals surface area (Å²) in [6.07, 6.45) is 3.19. The van der Waals surface area contributed by atoms with Gasteiger partial charge in [-0.2, -0.15) is 0 Å². The summed E-state index contributed by atoms with van der Waals surface area (Å²) in [6, 6.07) is 3.57. The third-order valence-electron chi connectivity index (χ3n) is 1.96. The predicted octanol–water partition coefficient (Wildman–Crippen LogP) is 2.59. The number of ketones is 1. The lowest BCUT2D eigenvalue weighted by molar-refractivity contribution is 0.101. The van der Waals surface area contributed by atoms with Crippen LogP contribution < -0.4 is 0 Å². The summed E-state index contributed by atoms with van der Waals surface area (Å²) in [5.74, 6) is 0.00278. The number of carbonyl (C=O) groups excluding carboxylic acids is 1. The van der Waals surface area contributed by atoms with Crippen molar-refractivity contribution in [2.24, 2.45) is 0 Å². The van der Waals surface area contributed by atoms with Gasteiger partial charge < -0.3 is 0 Å². The molecule has 0 bridgehead atoms. The largest absolute Gasteiger partial charge is 0.294 e. The Hall–Kier alpha value is -1.29. The SMILES string of the molecule is CC(=O)c1ccc(Br)c2nccnc12. The van der Waals surface area contributed by atoms with Crippen molar-refractivity contribution in [2.75, 3.05) is 0 Å². The number of carbonyl (C=O) groups is 1. The Morgan fingerprint density at radius 2 is 1.86 bits per heavy atom. The zero-order valence-electron chi connectivity index (χ0n) is 7.49. The summed E-state index contributed by atoms with van der Waals surface area (Å²) in [7, 11) is 0. The first-order valence-corrected chi connectivity index (χ1v) is 4.89. The average Bonchev–Trinajstić information content (AvgIpc) is 2.18. The Bertz CT molecular complexity index is 510. The fraction of sp³-hybridized carbons (Fsp3) is 0.100. The first-order valence-electron chi connectivity index (χ1n) is 4.10. The van der Waals surface area contributed by atoms with Crippen molar-refractivity contribution in [3.05, 3.63) is 34.6 Å². The average molecular weight is 251 g/mol. The highest BCUT2D eigenvalue weighted by Gasteiger charge is 2.09. The Morgan fingerprint density at radius 1 is 1.21 bits per heavy atom.